The van der Waals surface area contributed by atoms with Gasteiger partial charge in [-0.1, -0.05) is 59.3 Å². The van der Waals surface area contributed by atoms with Gasteiger partial charge in [0.05, 0.1) is 25.5 Å². The van der Waals surface area contributed by atoms with Gasteiger partial charge >= 0.3 is 0 Å². The van der Waals surface area contributed by atoms with E-state index < -0.39 is 0 Å². The summed E-state index contributed by atoms with van der Waals surface area (Å²) in [6.45, 7) is 1.35. The van der Waals surface area contributed by atoms with E-state index in [4.69, 9.17) is 16.3 Å². The molecule has 0 radical (unpaired) electrons. The van der Waals surface area contributed by atoms with Crippen molar-refractivity contribution in [1.29, 1.82) is 0 Å². The number of aromatic nitrogens is 3. The van der Waals surface area contributed by atoms with Crippen LogP contribution >= 0.6 is 11.6 Å². The molecule has 1 aliphatic heterocycles. The fourth-order valence-corrected chi connectivity index (χ4v) is 3.77. The fourth-order valence-electron chi connectivity index (χ4n) is 3.55. The van der Waals surface area contributed by atoms with Crippen LogP contribution in [0.1, 0.15) is 29.3 Å². The van der Waals surface area contributed by atoms with E-state index in [2.05, 4.69) is 15.6 Å². The van der Waals surface area contributed by atoms with Gasteiger partial charge in [-0.2, -0.15) is 0 Å². The number of aryl methyl sites for hydroxylation is 1. The first kappa shape index (κ1) is 19.6. The van der Waals surface area contributed by atoms with Crippen molar-refractivity contribution >= 4 is 17.5 Å². The van der Waals surface area contributed by atoms with Crippen LogP contribution in [0.15, 0.2) is 60.8 Å². The number of benzene rings is 2. The molecule has 0 saturated carbocycles. The zero-order valence-corrected chi connectivity index (χ0v) is 16.8. The van der Waals surface area contributed by atoms with Crippen LogP contribution in [0.4, 0.5) is 0 Å². The second-order valence-corrected chi connectivity index (χ2v) is 7.72. The van der Waals surface area contributed by atoms with Crippen molar-refractivity contribution in [1.82, 2.24) is 20.3 Å². The van der Waals surface area contributed by atoms with E-state index in [0.29, 0.717) is 37.6 Å². The van der Waals surface area contributed by atoms with Crippen molar-refractivity contribution in [3.05, 3.63) is 82.6 Å². The minimum absolute atomic E-state index is 0.00309. The molecule has 2 bridgehead atoms. The monoisotopic (exact) mass is 410 g/mol. The van der Waals surface area contributed by atoms with E-state index in [-0.39, 0.29) is 17.9 Å². The zero-order valence-electron chi connectivity index (χ0n) is 16.0. The first-order valence-corrected chi connectivity index (χ1v) is 10.1. The van der Waals surface area contributed by atoms with Gasteiger partial charge in [0.1, 0.15) is 5.69 Å². The van der Waals surface area contributed by atoms with Crippen molar-refractivity contribution < 1.29 is 9.53 Å². The predicted octanol–water partition coefficient (Wildman–Crippen LogP) is 3.57. The first-order valence-electron chi connectivity index (χ1n) is 9.74. The number of hydrogen-bond donors (Lipinski definition) is 1. The lowest BCUT2D eigenvalue weighted by Crippen LogP contribution is -2.37. The first-order chi connectivity index (χ1) is 14.2. The van der Waals surface area contributed by atoms with Crippen LogP contribution in [-0.4, -0.2) is 27.5 Å². The summed E-state index contributed by atoms with van der Waals surface area (Å²) >= 11 is 6.14. The Balaban J connectivity index is 1.59. The third-order valence-corrected chi connectivity index (χ3v) is 5.32. The summed E-state index contributed by atoms with van der Waals surface area (Å²) in [5, 5.41) is 12.2. The minimum atomic E-state index is -0.222. The Kier molecular flexibility index (Phi) is 6.22. The van der Waals surface area contributed by atoms with Gasteiger partial charge in [-0.15, -0.1) is 5.10 Å². The molecule has 3 aromatic rings. The number of carbonyl (C=O) groups excluding carboxylic acids is 1. The van der Waals surface area contributed by atoms with Gasteiger partial charge in [-0.25, -0.2) is 0 Å². The molecule has 1 amide bonds. The normalized spacial score (nSPS) is 20.4. The van der Waals surface area contributed by atoms with E-state index >= 15 is 0 Å². The van der Waals surface area contributed by atoms with Crippen LogP contribution in [-0.2, 0) is 29.1 Å². The highest BCUT2D eigenvalue weighted by molar-refractivity contribution is 6.30. The molecule has 0 spiro atoms. The highest BCUT2D eigenvalue weighted by Gasteiger charge is 2.24. The molecule has 1 aromatic heterocycles. The lowest BCUT2D eigenvalue weighted by atomic mass is 9.94. The summed E-state index contributed by atoms with van der Waals surface area (Å²) in [7, 11) is 0. The third kappa shape index (κ3) is 5.22. The van der Waals surface area contributed by atoms with Gasteiger partial charge in [-0.3, -0.25) is 9.48 Å². The van der Waals surface area contributed by atoms with E-state index in [1.807, 2.05) is 60.8 Å². The summed E-state index contributed by atoms with van der Waals surface area (Å²) in [4.78, 5) is 13.2. The molecule has 2 atom stereocenters. The smallest absolute Gasteiger partial charge is 0.224 e. The van der Waals surface area contributed by atoms with E-state index in [1.165, 1.54) is 0 Å². The lowest BCUT2D eigenvalue weighted by molar-refractivity contribution is -0.126. The van der Waals surface area contributed by atoms with Crippen LogP contribution in [0.5, 0.6) is 0 Å². The third-order valence-electron chi connectivity index (χ3n) is 5.09. The van der Waals surface area contributed by atoms with E-state index in [9.17, 15) is 4.79 Å². The van der Waals surface area contributed by atoms with Crippen LogP contribution < -0.4 is 5.32 Å². The lowest BCUT2D eigenvalue weighted by Gasteiger charge is -2.24. The van der Waals surface area contributed by atoms with Crippen molar-refractivity contribution in [3.8, 4) is 0 Å². The molecule has 4 rings (SSSR count). The van der Waals surface area contributed by atoms with Gasteiger partial charge in [0.2, 0.25) is 5.91 Å². The van der Waals surface area contributed by atoms with Crippen LogP contribution in [0.3, 0.4) is 0 Å². The number of hydrogen-bond acceptors (Lipinski definition) is 4. The Morgan fingerprint density at radius 2 is 2.03 bits per heavy atom. The summed E-state index contributed by atoms with van der Waals surface area (Å²) < 4.78 is 7.61. The topological polar surface area (TPSA) is 69.0 Å². The molecule has 2 heterocycles. The highest BCUT2D eigenvalue weighted by Crippen LogP contribution is 2.21. The average Bonchev–Trinajstić information content (AvgIpc) is 3.18. The second-order valence-electron chi connectivity index (χ2n) is 7.28. The summed E-state index contributed by atoms with van der Waals surface area (Å²) in [6, 6.07) is 17.3. The van der Waals surface area contributed by atoms with Crippen molar-refractivity contribution in [2.75, 3.05) is 6.61 Å². The quantitative estimate of drug-likeness (QED) is 0.716. The maximum absolute atomic E-state index is 13.2. The predicted molar refractivity (Wildman–Crippen MR) is 110 cm³/mol. The van der Waals surface area contributed by atoms with Crippen molar-refractivity contribution in [3.63, 3.8) is 0 Å². The number of ether oxygens (including phenoxy) is 1. The van der Waals surface area contributed by atoms with E-state index in [1.54, 1.807) is 4.68 Å². The number of nitrogens with one attached hydrogen (secondary N) is 1. The Morgan fingerprint density at radius 3 is 2.86 bits per heavy atom. The molecule has 0 unspecified atom stereocenters. The SMILES string of the molecule is O=C1N[C@@H](c2ccccc2)COCc2cn(nn2)CC[C@H]1Cc1cccc(Cl)c1. The molecule has 0 fully saturated rings. The number of nitrogens with zero attached hydrogens (tertiary/aromatic N) is 3. The standard InChI is InChI=1S/C22H23ClN4O2/c23-19-8-4-5-16(12-19)11-18-9-10-27-13-20(25-26-27)14-29-15-21(24-22(18)28)17-6-2-1-3-7-17/h1-8,12-13,18,21H,9-11,14-15H2,(H,24,28)/t18-,21+/m0/s1. The van der Waals surface area contributed by atoms with Crippen molar-refractivity contribution in [2.24, 2.45) is 5.92 Å². The Hall–Kier alpha value is -2.70. The molecular weight excluding hydrogens is 388 g/mol. The number of carbonyl (C=O) groups is 1. The molecule has 1 aliphatic rings. The van der Waals surface area contributed by atoms with Gasteiger partial charge in [-0.05, 0) is 36.1 Å². The maximum atomic E-state index is 13.2. The summed E-state index contributed by atoms with van der Waals surface area (Å²) in [5.41, 5.74) is 2.84. The van der Waals surface area contributed by atoms with Gasteiger partial charge in [0, 0.05) is 17.5 Å². The number of amides is 1. The zero-order chi connectivity index (χ0) is 20.1. The molecule has 1 N–H and O–H groups in total. The number of fused-ring (bicyclic) bond motifs is 2. The Bertz CT molecular complexity index is 960. The fraction of sp³-hybridized carbons (Fsp3) is 0.318. The number of rotatable bonds is 3. The molecule has 0 saturated heterocycles. The largest absolute Gasteiger partial charge is 0.373 e. The molecule has 0 aliphatic carbocycles. The molecular formula is C22H23ClN4O2. The summed E-state index contributed by atoms with van der Waals surface area (Å²) in [6.07, 6.45) is 3.15. The van der Waals surface area contributed by atoms with Crippen LogP contribution in [0.25, 0.3) is 0 Å². The highest BCUT2D eigenvalue weighted by atomic mass is 35.5. The van der Waals surface area contributed by atoms with Crippen molar-refractivity contribution in [2.45, 2.75) is 32.0 Å². The summed E-state index contributed by atoms with van der Waals surface area (Å²) in [5.74, 6) is -0.213. The van der Waals surface area contributed by atoms with Gasteiger partial charge < -0.3 is 10.1 Å². The minimum Gasteiger partial charge on any atom is -0.373 e. The van der Waals surface area contributed by atoms with E-state index in [0.717, 1.165) is 16.8 Å². The van der Waals surface area contributed by atoms with Crippen LogP contribution in [0, 0.1) is 5.92 Å². The maximum Gasteiger partial charge on any atom is 0.224 e. The second kappa shape index (κ2) is 9.20. The Morgan fingerprint density at radius 1 is 1.17 bits per heavy atom. The molecule has 150 valence electrons. The molecule has 2 aromatic carbocycles. The Labute approximate surface area is 174 Å². The number of halogens is 1. The molecule has 29 heavy (non-hydrogen) atoms. The molecule has 6 nitrogen and oxygen atoms in total. The average molecular weight is 411 g/mol. The van der Waals surface area contributed by atoms with Crippen LogP contribution in [0.2, 0.25) is 5.02 Å². The molecule has 7 heteroatoms. The van der Waals surface area contributed by atoms with Gasteiger partial charge in [0.15, 0.2) is 0 Å². The van der Waals surface area contributed by atoms with Gasteiger partial charge in [0.25, 0.3) is 0 Å².